The number of aryl methyl sites for hydroxylation is 1. The number of hydrogen-bond acceptors (Lipinski definition) is 3. The molecule has 2 heterocycles. The number of benzene rings is 1. The van der Waals surface area contributed by atoms with Gasteiger partial charge in [-0.25, -0.2) is 0 Å². The van der Waals surface area contributed by atoms with E-state index in [1.807, 2.05) is 12.1 Å². The summed E-state index contributed by atoms with van der Waals surface area (Å²) in [4.78, 5) is 4.71. The van der Waals surface area contributed by atoms with E-state index < -0.39 is 0 Å². The minimum Gasteiger partial charge on any atom is -0.469 e. The van der Waals surface area contributed by atoms with Gasteiger partial charge in [0.15, 0.2) is 5.96 Å². The van der Waals surface area contributed by atoms with Crippen molar-refractivity contribution in [3.8, 4) is 0 Å². The molecule has 1 aromatic heterocycles. The van der Waals surface area contributed by atoms with Gasteiger partial charge in [0.25, 0.3) is 0 Å². The molecule has 0 saturated carbocycles. The highest BCUT2D eigenvalue weighted by atomic mass is 127. The smallest absolute Gasteiger partial charge is 0.191 e. The van der Waals surface area contributed by atoms with Gasteiger partial charge in [-0.3, -0.25) is 4.99 Å². The van der Waals surface area contributed by atoms with Crippen LogP contribution in [0.1, 0.15) is 30.6 Å². The van der Waals surface area contributed by atoms with Crippen molar-refractivity contribution in [2.45, 2.75) is 38.2 Å². The van der Waals surface area contributed by atoms with E-state index >= 15 is 0 Å². The van der Waals surface area contributed by atoms with E-state index in [0.717, 1.165) is 70.1 Å². The highest BCUT2D eigenvalue weighted by molar-refractivity contribution is 14.0. The number of nitrogens with one attached hydrogen (secondary N) is 2. The topological polar surface area (TPSA) is 58.8 Å². The van der Waals surface area contributed by atoms with E-state index in [9.17, 15) is 0 Å². The Morgan fingerprint density at radius 1 is 1.04 bits per heavy atom. The molecule has 3 rings (SSSR count). The van der Waals surface area contributed by atoms with E-state index in [2.05, 4.69) is 41.0 Å². The Kier molecular flexibility index (Phi) is 10.3. The molecule has 1 unspecified atom stereocenters. The van der Waals surface area contributed by atoms with E-state index in [1.54, 1.807) is 6.26 Å². The normalized spacial score (nSPS) is 16.7. The first-order valence-electron chi connectivity index (χ1n) is 9.60. The first-order valence-corrected chi connectivity index (χ1v) is 9.60. The monoisotopic (exact) mass is 483 g/mol. The van der Waals surface area contributed by atoms with Gasteiger partial charge in [0.1, 0.15) is 5.76 Å². The lowest BCUT2D eigenvalue weighted by molar-refractivity contribution is 0.117. The van der Waals surface area contributed by atoms with Crippen LogP contribution >= 0.6 is 24.0 Å². The molecular formula is C21H30IN3O2. The molecule has 0 aliphatic carbocycles. The summed E-state index contributed by atoms with van der Waals surface area (Å²) in [6.07, 6.45) is 7.22. The van der Waals surface area contributed by atoms with Crippen molar-refractivity contribution in [2.24, 2.45) is 4.99 Å². The number of nitrogens with zero attached hydrogens (tertiary/aromatic N) is 1. The third-order valence-electron chi connectivity index (χ3n) is 4.50. The van der Waals surface area contributed by atoms with Crippen molar-refractivity contribution >= 4 is 29.9 Å². The van der Waals surface area contributed by atoms with Crippen molar-refractivity contribution in [3.05, 3.63) is 60.1 Å². The molecule has 0 radical (unpaired) electrons. The summed E-state index contributed by atoms with van der Waals surface area (Å²) < 4.78 is 11.1. The second-order valence-electron chi connectivity index (χ2n) is 6.60. The van der Waals surface area contributed by atoms with Crippen LogP contribution in [0.2, 0.25) is 0 Å². The molecule has 1 fully saturated rings. The molecule has 1 atom stereocenters. The van der Waals surface area contributed by atoms with Crippen molar-refractivity contribution in [2.75, 3.05) is 26.2 Å². The zero-order chi connectivity index (χ0) is 17.9. The highest BCUT2D eigenvalue weighted by Gasteiger charge is 2.14. The van der Waals surface area contributed by atoms with Crippen LogP contribution in [0, 0.1) is 0 Å². The Morgan fingerprint density at radius 3 is 2.63 bits per heavy atom. The van der Waals surface area contributed by atoms with Crippen LogP contribution < -0.4 is 10.6 Å². The molecular weight excluding hydrogens is 453 g/mol. The maximum Gasteiger partial charge on any atom is 0.191 e. The second kappa shape index (κ2) is 12.8. The van der Waals surface area contributed by atoms with Gasteiger partial charge in [0, 0.05) is 26.1 Å². The Labute approximate surface area is 179 Å². The quantitative estimate of drug-likeness (QED) is 0.247. The van der Waals surface area contributed by atoms with E-state index in [4.69, 9.17) is 14.1 Å². The highest BCUT2D eigenvalue weighted by Crippen LogP contribution is 2.11. The first kappa shape index (κ1) is 21.8. The average molecular weight is 483 g/mol. The summed E-state index contributed by atoms with van der Waals surface area (Å²) in [6, 6.07) is 14.5. The second-order valence-corrected chi connectivity index (χ2v) is 6.60. The number of guanidine groups is 1. The van der Waals surface area contributed by atoms with Gasteiger partial charge in [0.05, 0.1) is 18.9 Å². The number of halogens is 1. The Bertz CT molecular complexity index is 641. The standard InChI is InChI=1S/C21H29N3O2.HI/c1-2-7-18(8-3-1)9-4-13-22-21(24-17-20-11-6-16-26-20)23-14-12-19-10-5-15-25-19;/h1-3,5,7-8,10,15,20H,4,6,9,11-14,16-17H2,(H2,22,23,24);1H. The van der Waals surface area contributed by atoms with Gasteiger partial charge in [-0.05, 0) is 43.4 Å². The summed E-state index contributed by atoms with van der Waals surface area (Å²) >= 11 is 0. The molecule has 27 heavy (non-hydrogen) atoms. The third kappa shape index (κ3) is 8.34. The molecule has 0 amide bonds. The molecule has 6 heteroatoms. The lowest BCUT2D eigenvalue weighted by Gasteiger charge is -2.14. The summed E-state index contributed by atoms with van der Waals surface area (Å²) in [5.41, 5.74) is 1.37. The van der Waals surface area contributed by atoms with Gasteiger partial charge in [-0.2, -0.15) is 0 Å². The molecule has 0 bridgehead atoms. The average Bonchev–Trinajstić information content (AvgIpc) is 3.37. The molecule has 148 valence electrons. The molecule has 1 aromatic carbocycles. The maximum absolute atomic E-state index is 5.67. The van der Waals surface area contributed by atoms with Crippen LogP contribution in [-0.2, 0) is 17.6 Å². The molecule has 1 aliphatic rings. The van der Waals surface area contributed by atoms with Crippen molar-refractivity contribution in [1.29, 1.82) is 0 Å². The molecule has 1 aliphatic heterocycles. The largest absolute Gasteiger partial charge is 0.469 e. The molecule has 2 N–H and O–H groups in total. The summed E-state index contributed by atoms with van der Waals surface area (Å²) in [5.74, 6) is 1.85. The Morgan fingerprint density at radius 2 is 1.89 bits per heavy atom. The van der Waals surface area contributed by atoms with Crippen molar-refractivity contribution in [1.82, 2.24) is 10.6 Å². The lowest BCUT2D eigenvalue weighted by atomic mass is 10.1. The lowest BCUT2D eigenvalue weighted by Crippen LogP contribution is -2.39. The van der Waals surface area contributed by atoms with E-state index in [0.29, 0.717) is 0 Å². The molecule has 5 nitrogen and oxygen atoms in total. The van der Waals surface area contributed by atoms with Crippen LogP contribution in [-0.4, -0.2) is 38.3 Å². The van der Waals surface area contributed by atoms with Gasteiger partial charge in [0.2, 0.25) is 0 Å². The third-order valence-corrected chi connectivity index (χ3v) is 4.50. The van der Waals surface area contributed by atoms with Gasteiger partial charge < -0.3 is 19.8 Å². The van der Waals surface area contributed by atoms with Crippen molar-refractivity contribution in [3.63, 3.8) is 0 Å². The number of aliphatic imine (C=N–C) groups is 1. The fourth-order valence-electron chi connectivity index (χ4n) is 3.06. The Hall–Kier alpha value is -1.54. The number of rotatable bonds is 9. The summed E-state index contributed by atoms with van der Waals surface area (Å²) in [6.45, 7) is 3.28. The maximum atomic E-state index is 5.67. The predicted molar refractivity (Wildman–Crippen MR) is 120 cm³/mol. The van der Waals surface area contributed by atoms with Gasteiger partial charge >= 0.3 is 0 Å². The van der Waals surface area contributed by atoms with E-state index in [1.165, 1.54) is 5.56 Å². The molecule has 0 spiro atoms. The summed E-state index contributed by atoms with van der Waals surface area (Å²) in [5, 5.41) is 6.85. The van der Waals surface area contributed by atoms with Gasteiger partial charge in [-0.1, -0.05) is 30.3 Å². The minimum atomic E-state index is 0. The first-order chi connectivity index (χ1) is 12.9. The number of ether oxygens (including phenoxy) is 1. The zero-order valence-corrected chi connectivity index (χ0v) is 18.1. The zero-order valence-electron chi connectivity index (χ0n) is 15.7. The SMILES string of the molecule is I.c1ccc(CCCNC(=NCC2CCCO2)NCCc2ccco2)cc1. The van der Waals surface area contributed by atoms with Crippen LogP contribution in [0.25, 0.3) is 0 Å². The van der Waals surface area contributed by atoms with Crippen LogP contribution in [0.4, 0.5) is 0 Å². The van der Waals surface area contributed by atoms with Gasteiger partial charge in [-0.15, -0.1) is 24.0 Å². The predicted octanol–water partition coefficient (Wildman–Crippen LogP) is 3.79. The van der Waals surface area contributed by atoms with Crippen molar-refractivity contribution < 1.29 is 9.15 Å². The van der Waals surface area contributed by atoms with Crippen LogP contribution in [0.3, 0.4) is 0 Å². The number of furan rings is 1. The van der Waals surface area contributed by atoms with Crippen LogP contribution in [0.5, 0.6) is 0 Å². The van der Waals surface area contributed by atoms with E-state index in [-0.39, 0.29) is 30.1 Å². The fraction of sp³-hybridized carbons (Fsp3) is 0.476. The fourth-order valence-corrected chi connectivity index (χ4v) is 3.06. The number of hydrogen-bond donors (Lipinski definition) is 2. The molecule has 2 aromatic rings. The summed E-state index contributed by atoms with van der Waals surface area (Å²) in [7, 11) is 0. The molecule has 1 saturated heterocycles. The van der Waals surface area contributed by atoms with Crippen LogP contribution in [0.15, 0.2) is 58.1 Å². The Balaban J connectivity index is 0.00000261. The minimum absolute atomic E-state index is 0.